The van der Waals surface area contributed by atoms with Gasteiger partial charge < -0.3 is 19.3 Å². The molecule has 0 amide bonds. The van der Waals surface area contributed by atoms with E-state index in [2.05, 4.69) is 6.92 Å². The first kappa shape index (κ1) is 24.9. The second kappa shape index (κ2) is 11.4. The van der Waals surface area contributed by atoms with Crippen molar-refractivity contribution in [3.8, 4) is 39.8 Å². The number of carboxylic acids is 1. The molecule has 0 aliphatic carbocycles. The number of hydrogen-bond acceptors (Lipinski definition) is 5. The maximum absolute atomic E-state index is 11.2. The molecule has 0 saturated heterocycles. The molecule has 0 spiro atoms. The molecule has 36 heavy (non-hydrogen) atoms. The summed E-state index contributed by atoms with van der Waals surface area (Å²) in [5, 5.41) is 14.1. The summed E-state index contributed by atoms with van der Waals surface area (Å²) in [6, 6.07) is 23.5. The highest BCUT2D eigenvalue weighted by Crippen LogP contribution is 2.37. The van der Waals surface area contributed by atoms with E-state index < -0.39 is 12.6 Å². The molecular formula is C29H30N2O5. The number of methoxy groups -OCH3 is 1. The van der Waals surface area contributed by atoms with Crippen LogP contribution in [0.15, 0.2) is 72.8 Å². The summed E-state index contributed by atoms with van der Waals surface area (Å²) in [5.74, 6) is 0.976. The van der Waals surface area contributed by atoms with Gasteiger partial charge in [0.15, 0.2) is 6.61 Å². The predicted molar refractivity (Wildman–Crippen MR) is 139 cm³/mol. The van der Waals surface area contributed by atoms with Crippen molar-refractivity contribution < 1.29 is 24.1 Å². The van der Waals surface area contributed by atoms with Gasteiger partial charge in [-0.2, -0.15) is 5.10 Å². The molecule has 0 atom stereocenters. The number of aryl methyl sites for hydroxylation is 1. The molecule has 3 aromatic carbocycles. The number of benzene rings is 3. The van der Waals surface area contributed by atoms with Gasteiger partial charge in [0.2, 0.25) is 0 Å². The predicted octanol–water partition coefficient (Wildman–Crippen LogP) is 5.70. The zero-order chi connectivity index (χ0) is 25.5. The van der Waals surface area contributed by atoms with Gasteiger partial charge in [0.1, 0.15) is 17.2 Å². The molecule has 0 unspecified atom stereocenters. The molecule has 0 fully saturated rings. The fourth-order valence-corrected chi connectivity index (χ4v) is 4.10. The topological polar surface area (TPSA) is 82.8 Å². The highest BCUT2D eigenvalue weighted by molar-refractivity contribution is 5.76. The number of rotatable bonds is 11. The highest BCUT2D eigenvalue weighted by Gasteiger charge is 2.19. The summed E-state index contributed by atoms with van der Waals surface area (Å²) in [6.45, 7) is 4.60. The van der Waals surface area contributed by atoms with Crippen LogP contribution < -0.4 is 14.2 Å². The van der Waals surface area contributed by atoms with Gasteiger partial charge >= 0.3 is 5.97 Å². The molecule has 0 bridgehead atoms. The van der Waals surface area contributed by atoms with Crippen LogP contribution in [0.25, 0.3) is 22.5 Å². The van der Waals surface area contributed by atoms with Gasteiger partial charge in [-0.25, -0.2) is 4.79 Å². The van der Waals surface area contributed by atoms with E-state index in [1.54, 1.807) is 7.11 Å². The van der Waals surface area contributed by atoms with Crippen molar-refractivity contribution in [1.29, 1.82) is 0 Å². The lowest BCUT2D eigenvalue weighted by Crippen LogP contribution is -2.10. The number of carbonyl (C=O) groups is 1. The number of nitrogens with zero attached hydrogens (tertiary/aromatic N) is 2. The smallest absolute Gasteiger partial charge is 0.341 e. The summed E-state index contributed by atoms with van der Waals surface area (Å²) in [7, 11) is 1.65. The van der Waals surface area contributed by atoms with E-state index in [1.807, 2.05) is 84.4 Å². The van der Waals surface area contributed by atoms with Crippen molar-refractivity contribution in [2.75, 3.05) is 20.3 Å². The van der Waals surface area contributed by atoms with Crippen LogP contribution in [0.4, 0.5) is 0 Å². The second-order valence-corrected chi connectivity index (χ2v) is 8.18. The van der Waals surface area contributed by atoms with Crippen molar-refractivity contribution in [3.63, 3.8) is 0 Å². The van der Waals surface area contributed by atoms with Crippen LogP contribution in [-0.4, -0.2) is 41.2 Å². The lowest BCUT2D eigenvalue weighted by Gasteiger charge is -2.13. The Kier molecular flexibility index (Phi) is 7.90. The third-order valence-electron chi connectivity index (χ3n) is 5.83. The minimum absolute atomic E-state index is 0.430. The van der Waals surface area contributed by atoms with E-state index in [0.717, 1.165) is 45.9 Å². The first-order valence-corrected chi connectivity index (χ1v) is 11.9. The summed E-state index contributed by atoms with van der Waals surface area (Å²) >= 11 is 0. The molecule has 1 N–H and O–H groups in total. The van der Waals surface area contributed by atoms with Gasteiger partial charge in [0, 0.05) is 16.7 Å². The lowest BCUT2D eigenvalue weighted by molar-refractivity contribution is -0.139. The molecule has 4 aromatic rings. The average Bonchev–Trinajstić information content (AvgIpc) is 3.31. The van der Waals surface area contributed by atoms with Gasteiger partial charge in [0.05, 0.1) is 31.6 Å². The average molecular weight is 487 g/mol. The fraction of sp³-hybridized carbons (Fsp3) is 0.241. The first-order valence-electron chi connectivity index (χ1n) is 11.9. The van der Waals surface area contributed by atoms with Crippen LogP contribution in [0.1, 0.15) is 25.0 Å². The number of hydrogen-bond donors (Lipinski definition) is 1. The summed E-state index contributed by atoms with van der Waals surface area (Å²) in [5.41, 5.74) is 5.28. The lowest BCUT2D eigenvalue weighted by atomic mass is 10.0. The van der Waals surface area contributed by atoms with Crippen molar-refractivity contribution in [3.05, 3.63) is 83.9 Å². The minimum Gasteiger partial charge on any atom is -0.496 e. The van der Waals surface area contributed by atoms with Crippen LogP contribution in [0, 0.1) is 0 Å². The zero-order valence-corrected chi connectivity index (χ0v) is 20.7. The number of carboxylic acid groups (broad SMARTS) is 1. The Morgan fingerprint density at radius 2 is 1.61 bits per heavy atom. The maximum atomic E-state index is 11.2. The number of ether oxygens (including phenoxy) is 3. The van der Waals surface area contributed by atoms with Crippen molar-refractivity contribution >= 4 is 5.97 Å². The van der Waals surface area contributed by atoms with E-state index in [-0.39, 0.29) is 0 Å². The van der Waals surface area contributed by atoms with Gasteiger partial charge in [-0.3, -0.25) is 4.68 Å². The molecule has 7 nitrogen and oxygen atoms in total. The van der Waals surface area contributed by atoms with Gasteiger partial charge in [-0.15, -0.1) is 0 Å². The quantitative estimate of drug-likeness (QED) is 0.293. The Hall–Kier alpha value is -4.26. The Morgan fingerprint density at radius 1 is 0.889 bits per heavy atom. The first-order chi connectivity index (χ1) is 17.5. The SMILES string of the molecule is CCOc1ccccc1-c1cc(-c2cc(CC)ccc2OCC(=O)O)nn1Cc1ccccc1OC. The van der Waals surface area contributed by atoms with Crippen LogP contribution in [0.3, 0.4) is 0 Å². The normalized spacial score (nSPS) is 10.8. The highest BCUT2D eigenvalue weighted by atomic mass is 16.5. The minimum atomic E-state index is -1.03. The molecule has 0 radical (unpaired) electrons. The summed E-state index contributed by atoms with van der Waals surface area (Å²) in [6.07, 6.45) is 0.828. The molecule has 7 heteroatoms. The van der Waals surface area contributed by atoms with Crippen LogP contribution >= 0.6 is 0 Å². The van der Waals surface area contributed by atoms with Crippen molar-refractivity contribution in [2.45, 2.75) is 26.8 Å². The molecule has 0 saturated carbocycles. The Balaban J connectivity index is 1.88. The van der Waals surface area contributed by atoms with Gasteiger partial charge in [-0.05, 0) is 55.3 Å². The summed E-state index contributed by atoms with van der Waals surface area (Å²) < 4.78 is 19.1. The largest absolute Gasteiger partial charge is 0.496 e. The molecule has 4 rings (SSSR count). The third kappa shape index (κ3) is 5.51. The Bertz CT molecular complexity index is 1350. The molecule has 186 valence electrons. The number of aliphatic carboxylic acids is 1. The standard InChI is InChI=1S/C29H30N2O5/c1-4-20-14-15-28(36-19-29(32)33)23(16-20)24-17-25(22-11-7-9-13-27(22)35-5-2)31(30-24)18-21-10-6-8-12-26(21)34-3/h6-17H,4-5,18-19H2,1-3H3,(H,32,33). The number of para-hydroxylation sites is 2. The van der Waals surface area contributed by atoms with Gasteiger partial charge in [0.25, 0.3) is 0 Å². The van der Waals surface area contributed by atoms with Crippen LogP contribution in [-0.2, 0) is 17.8 Å². The van der Waals surface area contributed by atoms with E-state index in [4.69, 9.17) is 24.4 Å². The monoisotopic (exact) mass is 486 g/mol. The van der Waals surface area contributed by atoms with Crippen molar-refractivity contribution in [2.24, 2.45) is 0 Å². The van der Waals surface area contributed by atoms with E-state index in [9.17, 15) is 4.79 Å². The Morgan fingerprint density at radius 3 is 2.33 bits per heavy atom. The van der Waals surface area contributed by atoms with E-state index in [1.165, 1.54) is 0 Å². The molecule has 1 aromatic heterocycles. The van der Waals surface area contributed by atoms with Crippen LogP contribution in [0.5, 0.6) is 17.2 Å². The zero-order valence-electron chi connectivity index (χ0n) is 20.7. The van der Waals surface area contributed by atoms with Crippen LogP contribution in [0.2, 0.25) is 0 Å². The summed E-state index contributed by atoms with van der Waals surface area (Å²) in [4.78, 5) is 11.2. The third-order valence-corrected chi connectivity index (χ3v) is 5.83. The van der Waals surface area contributed by atoms with E-state index >= 15 is 0 Å². The fourth-order valence-electron chi connectivity index (χ4n) is 4.10. The number of aromatic nitrogens is 2. The van der Waals surface area contributed by atoms with Gasteiger partial charge in [-0.1, -0.05) is 43.3 Å². The molecular weight excluding hydrogens is 456 g/mol. The molecule has 1 heterocycles. The Labute approximate surface area is 210 Å². The second-order valence-electron chi connectivity index (χ2n) is 8.18. The van der Waals surface area contributed by atoms with E-state index in [0.29, 0.717) is 24.6 Å². The molecule has 0 aliphatic rings. The van der Waals surface area contributed by atoms with Crippen molar-refractivity contribution in [1.82, 2.24) is 9.78 Å². The maximum Gasteiger partial charge on any atom is 0.341 e. The molecule has 0 aliphatic heterocycles.